The van der Waals surface area contributed by atoms with Gasteiger partial charge in [0.1, 0.15) is 11.5 Å². The second-order valence-corrected chi connectivity index (χ2v) is 9.48. The maximum absolute atomic E-state index is 13.8. The first-order chi connectivity index (χ1) is 18.2. The van der Waals surface area contributed by atoms with Gasteiger partial charge in [-0.3, -0.25) is 19.5 Å². The molecular formula is C28H27N5O3S. The Kier molecular flexibility index (Phi) is 7.81. The smallest absolute Gasteiger partial charge is 0.280 e. The van der Waals surface area contributed by atoms with Crippen molar-refractivity contribution < 1.29 is 14.3 Å². The molecule has 2 aromatic carbocycles. The molecule has 0 saturated heterocycles. The molecule has 0 aliphatic heterocycles. The first kappa shape index (κ1) is 24.6. The Morgan fingerprint density at radius 3 is 2.32 bits per heavy atom. The van der Waals surface area contributed by atoms with Gasteiger partial charge in [0.2, 0.25) is 5.91 Å². The lowest BCUT2D eigenvalue weighted by Crippen LogP contribution is -2.47. The second-order valence-electron chi connectivity index (χ2n) is 8.87. The van der Waals surface area contributed by atoms with E-state index in [2.05, 4.69) is 19.9 Å². The average molecular weight is 514 g/mol. The summed E-state index contributed by atoms with van der Waals surface area (Å²) in [6.07, 6.45) is 6.81. The van der Waals surface area contributed by atoms with E-state index >= 15 is 0 Å². The van der Waals surface area contributed by atoms with Gasteiger partial charge in [0, 0.05) is 23.3 Å². The van der Waals surface area contributed by atoms with Gasteiger partial charge < -0.3 is 10.1 Å². The highest BCUT2D eigenvalue weighted by molar-refractivity contribution is 7.03. The molecule has 9 heteroatoms. The third kappa shape index (κ3) is 6.00. The number of rotatable bonds is 8. The Hall–Kier alpha value is -4.11. The molecule has 2 heterocycles. The molecule has 8 nitrogen and oxygen atoms in total. The number of amides is 2. The fourth-order valence-electron chi connectivity index (χ4n) is 4.51. The van der Waals surface area contributed by atoms with Crippen molar-refractivity contribution in [2.24, 2.45) is 0 Å². The topological polar surface area (TPSA) is 97.3 Å². The maximum atomic E-state index is 13.8. The van der Waals surface area contributed by atoms with E-state index in [1.165, 1.54) is 11.3 Å². The van der Waals surface area contributed by atoms with Crippen molar-refractivity contribution in [2.45, 2.75) is 44.2 Å². The summed E-state index contributed by atoms with van der Waals surface area (Å²) in [6.45, 7) is 0. The van der Waals surface area contributed by atoms with Crippen LogP contribution < -0.4 is 15.0 Å². The maximum Gasteiger partial charge on any atom is 0.280 e. The van der Waals surface area contributed by atoms with Crippen LogP contribution in [-0.2, 0) is 4.79 Å². The molecule has 4 aromatic rings. The number of carbonyl (C=O) groups is 2. The zero-order valence-electron chi connectivity index (χ0n) is 20.2. The van der Waals surface area contributed by atoms with E-state index in [1.807, 2.05) is 36.4 Å². The third-order valence-corrected chi connectivity index (χ3v) is 6.82. The van der Waals surface area contributed by atoms with Gasteiger partial charge in [-0.15, -0.1) is 5.10 Å². The van der Waals surface area contributed by atoms with Gasteiger partial charge in [-0.2, -0.15) is 0 Å². The summed E-state index contributed by atoms with van der Waals surface area (Å²) in [5.74, 6) is 0.611. The van der Waals surface area contributed by atoms with Crippen LogP contribution in [-0.4, -0.2) is 32.4 Å². The molecule has 188 valence electrons. The number of nitrogens with zero attached hydrogens (tertiary/aromatic N) is 4. The van der Waals surface area contributed by atoms with Crippen molar-refractivity contribution in [3.05, 3.63) is 95.8 Å². The molecule has 2 amide bonds. The Morgan fingerprint density at radius 2 is 1.65 bits per heavy atom. The summed E-state index contributed by atoms with van der Waals surface area (Å²) in [5.41, 5.74) is 1.16. The van der Waals surface area contributed by atoms with E-state index in [4.69, 9.17) is 4.74 Å². The molecule has 1 aliphatic carbocycles. The first-order valence-electron chi connectivity index (χ1n) is 12.3. The standard InChI is InChI=1S/C28H27N5O3S/c34-27(30-20-9-3-1-4-10-20)26(24-13-7-8-18-29-24)33(28(35)25-19-37-32-31-25)21-14-16-23(17-15-21)36-22-11-5-2-6-12-22/h2,5-8,11-20,26H,1,3-4,9-10H2,(H,30,34)/t26-/m0/s1. The molecule has 1 N–H and O–H groups in total. The summed E-state index contributed by atoms with van der Waals surface area (Å²) in [5, 5.41) is 8.75. The van der Waals surface area contributed by atoms with Crippen molar-refractivity contribution in [3.8, 4) is 11.5 Å². The van der Waals surface area contributed by atoms with Crippen molar-refractivity contribution >= 4 is 29.0 Å². The van der Waals surface area contributed by atoms with E-state index in [-0.39, 0.29) is 17.6 Å². The van der Waals surface area contributed by atoms with Gasteiger partial charge in [0.15, 0.2) is 11.7 Å². The van der Waals surface area contributed by atoms with Crippen molar-refractivity contribution in [1.82, 2.24) is 19.9 Å². The van der Waals surface area contributed by atoms with Gasteiger partial charge in [-0.25, -0.2) is 0 Å². The molecule has 37 heavy (non-hydrogen) atoms. The van der Waals surface area contributed by atoms with Crippen molar-refractivity contribution in [1.29, 1.82) is 0 Å². The number of hydrogen-bond acceptors (Lipinski definition) is 7. The zero-order chi connectivity index (χ0) is 25.5. The molecule has 1 saturated carbocycles. The summed E-state index contributed by atoms with van der Waals surface area (Å²) in [6, 6.07) is 21.0. The highest BCUT2D eigenvalue weighted by atomic mass is 32.1. The van der Waals surface area contributed by atoms with E-state index in [0.717, 1.165) is 37.2 Å². The number of aromatic nitrogens is 3. The van der Waals surface area contributed by atoms with Gasteiger partial charge in [0.05, 0.1) is 5.69 Å². The van der Waals surface area contributed by atoms with Gasteiger partial charge in [0.25, 0.3) is 5.91 Å². The fraction of sp³-hybridized carbons (Fsp3) is 0.250. The highest BCUT2D eigenvalue weighted by Gasteiger charge is 2.36. The number of para-hydroxylation sites is 1. The summed E-state index contributed by atoms with van der Waals surface area (Å²) in [7, 11) is 0. The number of benzene rings is 2. The molecule has 1 fully saturated rings. The Morgan fingerprint density at radius 1 is 0.919 bits per heavy atom. The molecule has 0 unspecified atom stereocenters. The summed E-state index contributed by atoms with van der Waals surface area (Å²) in [4.78, 5) is 33.5. The Bertz CT molecular complexity index is 1290. The minimum atomic E-state index is -0.988. The van der Waals surface area contributed by atoms with Crippen LogP contribution in [0.2, 0.25) is 0 Å². The number of carbonyl (C=O) groups excluding carboxylic acids is 2. The predicted octanol–water partition coefficient (Wildman–Crippen LogP) is 5.56. The summed E-state index contributed by atoms with van der Waals surface area (Å²) >= 11 is 1.08. The van der Waals surface area contributed by atoms with Crippen molar-refractivity contribution in [2.75, 3.05) is 4.90 Å². The van der Waals surface area contributed by atoms with E-state index in [1.54, 1.807) is 48.0 Å². The molecule has 2 aromatic heterocycles. The van der Waals surface area contributed by atoms with Crippen LogP contribution in [0.25, 0.3) is 0 Å². The number of nitrogens with one attached hydrogen (secondary N) is 1. The second kappa shape index (κ2) is 11.7. The number of ether oxygens (including phenoxy) is 1. The molecule has 1 atom stereocenters. The van der Waals surface area contributed by atoms with Crippen LogP contribution in [0.15, 0.2) is 84.4 Å². The molecule has 0 bridgehead atoms. The van der Waals surface area contributed by atoms with Crippen molar-refractivity contribution in [3.63, 3.8) is 0 Å². The molecule has 5 rings (SSSR count). The first-order valence-corrected chi connectivity index (χ1v) is 13.2. The normalized spacial score (nSPS) is 14.5. The lowest BCUT2D eigenvalue weighted by molar-refractivity contribution is -0.123. The minimum absolute atomic E-state index is 0.0759. The SMILES string of the molecule is O=C(NC1CCCCC1)[C@H](c1ccccn1)N(C(=O)c1csnn1)c1ccc(Oc2ccccc2)cc1. The van der Waals surface area contributed by atoms with Gasteiger partial charge >= 0.3 is 0 Å². The zero-order valence-corrected chi connectivity index (χ0v) is 21.0. The van der Waals surface area contributed by atoms with Crippen LogP contribution >= 0.6 is 11.5 Å². The van der Waals surface area contributed by atoms with Gasteiger partial charge in [-0.05, 0) is 72.9 Å². The Balaban J connectivity index is 1.51. The molecule has 0 spiro atoms. The molecule has 0 radical (unpaired) electrons. The number of hydrogen-bond donors (Lipinski definition) is 1. The quantitative estimate of drug-likeness (QED) is 0.331. The predicted molar refractivity (Wildman–Crippen MR) is 142 cm³/mol. The minimum Gasteiger partial charge on any atom is -0.457 e. The number of anilines is 1. The largest absolute Gasteiger partial charge is 0.457 e. The monoisotopic (exact) mass is 513 g/mol. The van der Waals surface area contributed by atoms with Crippen LogP contribution in [0, 0.1) is 0 Å². The Labute approximate surface area is 219 Å². The van der Waals surface area contributed by atoms with Crippen LogP contribution in [0.1, 0.15) is 54.3 Å². The third-order valence-electron chi connectivity index (χ3n) is 6.32. The number of pyridine rings is 1. The molecule has 1 aliphatic rings. The van der Waals surface area contributed by atoms with E-state index < -0.39 is 11.9 Å². The van der Waals surface area contributed by atoms with Crippen LogP contribution in [0.5, 0.6) is 11.5 Å². The van der Waals surface area contributed by atoms with Crippen LogP contribution in [0.4, 0.5) is 5.69 Å². The molecular weight excluding hydrogens is 486 g/mol. The van der Waals surface area contributed by atoms with E-state index in [9.17, 15) is 9.59 Å². The lowest BCUT2D eigenvalue weighted by Gasteiger charge is -2.32. The van der Waals surface area contributed by atoms with Crippen LogP contribution in [0.3, 0.4) is 0 Å². The lowest BCUT2D eigenvalue weighted by atomic mass is 9.95. The highest BCUT2D eigenvalue weighted by Crippen LogP contribution is 2.32. The van der Waals surface area contributed by atoms with Gasteiger partial charge in [-0.1, -0.05) is 48.0 Å². The fourth-order valence-corrected chi connectivity index (χ4v) is 4.94. The average Bonchev–Trinajstić information content (AvgIpc) is 3.49. The summed E-state index contributed by atoms with van der Waals surface area (Å²) < 4.78 is 9.78. The van der Waals surface area contributed by atoms with E-state index in [0.29, 0.717) is 22.9 Å².